The molecule has 1 atom stereocenters. The van der Waals surface area contributed by atoms with Crippen LogP contribution in [0.3, 0.4) is 0 Å². The highest BCUT2D eigenvalue weighted by atomic mass is 19.4. The molecule has 1 saturated heterocycles. The van der Waals surface area contributed by atoms with E-state index in [1.54, 1.807) is 25.1 Å². The molecule has 0 aliphatic carbocycles. The van der Waals surface area contributed by atoms with E-state index in [0.29, 0.717) is 18.7 Å². The van der Waals surface area contributed by atoms with Gasteiger partial charge >= 0.3 is 6.18 Å². The van der Waals surface area contributed by atoms with Crippen LogP contribution in [0.15, 0.2) is 18.2 Å². The normalized spacial score (nSPS) is 17.0. The van der Waals surface area contributed by atoms with Crippen LogP contribution in [0.2, 0.25) is 0 Å². The number of rotatable bonds is 6. The molecular formula is C19H25F3N4O2. The zero-order chi connectivity index (χ0) is 20.3. The Labute approximate surface area is 161 Å². The Hall–Kier alpha value is -2.13. The molecule has 1 N–H and O–H groups in total. The van der Waals surface area contributed by atoms with E-state index < -0.39 is 24.5 Å². The minimum absolute atomic E-state index is 0.138. The first kappa shape index (κ1) is 20.6. The van der Waals surface area contributed by atoms with Gasteiger partial charge in [0.15, 0.2) is 0 Å². The number of halogens is 3. The van der Waals surface area contributed by atoms with Gasteiger partial charge < -0.3 is 14.6 Å². The number of fused-ring (bicyclic) bond motifs is 1. The Kier molecular flexibility index (Phi) is 6.24. The van der Waals surface area contributed by atoms with Crippen LogP contribution < -0.4 is 5.32 Å². The first-order valence-corrected chi connectivity index (χ1v) is 9.37. The molecule has 9 heteroatoms. The van der Waals surface area contributed by atoms with Gasteiger partial charge in [0.1, 0.15) is 6.54 Å². The number of aryl methyl sites for hydroxylation is 1. The fourth-order valence-corrected chi connectivity index (χ4v) is 3.35. The van der Waals surface area contributed by atoms with Crippen LogP contribution in [-0.4, -0.2) is 59.2 Å². The van der Waals surface area contributed by atoms with Gasteiger partial charge in [-0.3, -0.25) is 9.69 Å². The van der Waals surface area contributed by atoms with Gasteiger partial charge in [-0.1, -0.05) is 6.07 Å². The molecule has 1 aromatic heterocycles. The van der Waals surface area contributed by atoms with Crippen molar-refractivity contribution in [2.45, 2.75) is 39.0 Å². The molecule has 1 amide bonds. The van der Waals surface area contributed by atoms with Crippen LogP contribution in [0.5, 0.6) is 0 Å². The number of carbonyl (C=O) groups excluding carboxylic acids is 1. The van der Waals surface area contributed by atoms with E-state index in [2.05, 4.69) is 15.2 Å². The summed E-state index contributed by atoms with van der Waals surface area (Å²) in [5.41, 5.74) is 1.34. The van der Waals surface area contributed by atoms with Crippen LogP contribution in [0.4, 0.5) is 13.2 Å². The van der Waals surface area contributed by atoms with E-state index in [1.165, 1.54) is 0 Å². The zero-order valence-electron chi connectivity index (χ0n) is 16.1. The number of hydrogen-bond acceptors (Lipinski definition) is 4. The number of aromatic nitrogens is 2. The quantitative estimate of drug-likeness (QED) is 0.813. The molecule has 0 bridgehead atoms. The molecule has 1 aromatic carbocycles. The third-order valence-electron chi connectivity index (χ3n) is 4.85. The predicted octanol–water partition coefficient (Wildman–Crippen LogP) is 2.59. The van der Waals surface area contributed by atoms with Gasteiger partial charge in [-0.05, 0) is 38.0 Å². The maximum absolute atomic E-state index is 13.4. The molecule has 28 heavy (non-hydrogen) atoms. The second-order valence-electron chi connectivity index (χ2n) is 7.22. The second kappa shape index (κ2) is 8.48. The van der Waals surface area contributed by atoms with E-state index in [0.717, 1.165) is 36.2 Å². The van der Waals surface area contributed by atoms with Crippen molar-refractivity contribution in [1.82, 2.24) is 19.8 Å². The average Bonchev–Trinajstić information content (AvgIpc) is 2.99. The zero-order valence-corrected chi connectivity index (χ0v) is 16.1. The number of amides is 1. The lowest BCUT2D eigenvalue weighted by Crippen LogP contribution is -2.41. The fourth-order valence-electron chi connectivity index (χ4n) is 3.35. The largest absolute Gasteiger partial charge is 0.449 e. The third kappa shape index (κ3) is 5.02. The number of imidazole rings is 1. The Morgan fingerprint density at radius 1 is 1.32 bits per heavy atom. The Bertz CT molecular complexity index is 828. The summed E-state index contributed by atoms with van der Waals surface area (Å²) in [5, 5.41) is 2.80. The lowest BCUT2D eigenvalue weighted by molar-refractivity contribution is -0.147. The van der Waals surface area contributed by atoms with Crippen molar-refractivity contribution in [3.8, 4) is 0 Å². The summed E-state index contributed by atoms with van der Waals surface area (Å²) in [7, 11) is 0. The van der Waals surface area contributed by atoms with Crippen LogP contribution in [0.25, 0.3) is 11.0 Å². The van der Waals surface area contributed by atoms with E-state index in [9.17, 15) is 18.0 Å². The lowest BCUT2D eigenvalue weighted by Gasteiger charge is -2.27. The summed E-state index contributed by atoms with van der Waals surface area (Å²) in [6.45, 7) is 7.16. The number of hydrogen-bond donors (Lipinski definition) is 1. The van der Waals surface area contributed by atoms with E-state index in [-0.39, 0.29) is 11.6 Å². The lowest BCUT2D eigenvalue weighted by atomic mass is 10.2. The molecule has 2 aromatic rings. The van der Waals surface area contributed by atoms with Gasteiger partial charge in [-0.25, -0.2) is 4.98 Å². The first-order valence-electron chi connectivity index (χ1n) is 9.37. The minimum Gasteiger partial charge on any atom is -0.379 e. The number of nitrogens with zero attached hydrogens (tertiary/aromatic N) is 3. The highest BCUT2D eigenvalue weighted by Crippen LogP contribution is 2.31. The van der Waals surface area contributed by atoms with Gasteiger partial charge in [-0.15, -0.1) is 0 Å². The number of carbonyl (C=O) groups is 1. The van der Waals surface area contributed by atoms with E-state index in [4.69, 9.17) is 4.74 Å². The number of benzene rings is 1. The van der Waals surface area contributed by atoms with Gasteiger partial charge in [-0.2, -0.15) is 13.2 Å². The molecule has 154 valence electrons. The fraction of sp³-hybridized carbons (Fsp3) is 0.579. The van der Waals surface area contributed by atoms with Crippen LogP contribution >= 0.6 is 0 Å². The number of ether oxygens (including phenoxy) is 1. The standard InChI is InChI=1S/C19H25F3N4O2/c1-13-3-4-15-16(11-13)26(18(24-15)19(20,21)22)12-17(27)23-14(2)5-6-25-7-9-28-10-8-25/h3-4,11,14H,5-10,12H2,1-2H3,(H,23,27)/t14-/m0/s1. The summed E-state index contributed by atoms with van der Waals surface area (Å²) >= 11 is 0. The van der Waals surface area contributed by atoms with Crippen molar-refractivity contribution in [1.29, 1.82) is 0 Å². The number of morpholine rings is 1. The number of alkyl halides is 3. The molecule has 6 nitrogen and oxygen atoms in total. The molecule has 1 aliphatic rings. The highest BCUT2D eigenvalue weighted by molar-refractivity contribution is 5.81. The van der Waals surface area contributed by atoms with Crippen LogP contribution in [0.1, 0.15) is 24.7 Å². The van der Waals surface area contributed by atoms with E-state index >= 15 is 0 Å². The predicted molar refractivity (Wildman–Crippen MR) is 99.0 cm³/mol. The summed E-state index contributed by atoms with van der Waals surface area (Å²) < 4.78 is 46.4. The first-order chi connectivity index (χ1) is 13.2. The summed E-state index contributed by atoms with van der Waals surface area (Å²) in [6.07, 6.45) is -3.91. The van der Waals surface area contributed by atoms with Crippen LogP contribution in [0, 0.1) is 6.92 Å². The van der Waals surface area contributed by atoms with Gasteiger partial charge in [0, 0.05) is 25.7 Å². The van der Waals surface area contributed by atoms with Crippen LogP contribution in [-0.2, 0) is 22.3 Å². The third-order valence-corrected chi connectivity index (χ3v) is 4.85. The molecule has 0 radical (unpaired) electrons. The van der Waals surface area contributed by atoms with Crippen molar-refractivity contribution in [3.05, 3.63) is 29.6 Å². The van der Waals surface area contributed by atoms with Crippen molar-refractivity contribution in [3.63, 3.8) is 0 Å². The monoisotopic (exact) mass is 398 g/mol. The molecule has 2 heterocycles. The topological polar surface area (TPSA) is 59.4 Å². The SMILES string of the molecule is Cc1ccc2nc(C(F)(F)F)n(CC(=O)N[C@@H](C)CCN3CCOCC3)c2c1. The van der Waals surface area contributed by atoms with Gasteiger partial charge in [0.05, 0.1) is 24.2 Å². The molecule has 0 unspecified atom stereocenters. The Morgan fingerprint density at radius 3 is 2.71 bits per heavy atom. The summed E-state index contributed by atoms with van der Waals surface area (Å²) in [5.74, 6) is -1.51. The van der Waals surface area contributed by atoms with Crippen molar-refractivity contribution in [2.24, 2.45) is 0 Å². The average molecular weight is 398 g/mol. The molecular weight excluding hydrogens is 373 g/mol. The maximum Gasteiger partial charge on any atom is 0.449 e. The molecule has 3 rings (SSSR count). The van der Waals surface area contributed by atoms with Crippen molar-refractivity contribution >= 4 is 16.9 Å². The Balaban J connectivity index is 1.67. The van der Waals surface area contributed by atoms with Gasteiger partial charge in [0.25, 0.3) is 0 Å². The summed E-state index contributed by atoms with van der Waals surface area (Å²) in [4.78, 5) is 18.4. The minimum atomic E-state index is -4.63. The molecule has 0 saturated carbocycles. The smallest absolute Gasteiger partial charge is 0.379 e. The molecule has 0 spiro atoms. The highest BCUT2D eigenvalue weighted by Gasteiger charge is 2.38. The van der Waals surface area contributed by atoms with Crippen molar-refractivity contribution < 1.29 is 22.7 Å². The van der Waals surface area contributed by atoms with E-state index in [1.807, 2.05) is 6.92 Å². The molecule has 1 aliphatic heterocycles. The molecule has 1 fully saturated rings. The Morgan fingerprint density at radius 2 is 2.04 bits per heavy atom. The van der Waals surface area contributed by atoms with Gasteiger partial charge in [0.2, 0.25) is 11.7 Å². The second-order valence-corrected chi connectivity index (χ2v) is 7.22. The number of nitrogens with one attached hydrogen (secondary N) is 1. The summed E-state index contributed by atoms with van der Waals surface area (Å²) in [6, 6.07) is 4.72. The van der Waals surface area contributed by atoms with Crippen molar-refractivity contribution in [2.75, 3.05) is 32.8 Å². The maximum atomic E-state index is 13.4.